The molecule has 0 spiro atoms. The normalized spacial score (nSPS) is 19.5. The zero-order valence-electron chi connectivity index (χ0n) is 15.9. The summed E-state index contributed by atoms with van der Waals surface area (Å²) in [5, 5.41) is 1.10. The summed E-state index contributed by atoms with van der Waals surface area (Å²) in [6.45, 7) is 5.21. The number of likely N-dealkylation sites (tertiary alicyclic amines) is 1. The van der Waals surface area contributed by atoms with Crippen LogP contribution in [0.25, 0.3) is 0 Å². The second-order valence-corrected chi connectivity index (χ2v) is 8.41. The molecule has 1 amide bonds. The summed E-state index contributed by atoms with van der Waals surface area (Å²) in [4.78, 5) is 19.4. The highest BCUT2D eigenvalue weighted by molar-refractivity contribution is 6.40. The molecule has 2 aromatic rings. The summed E-state index contributed by atoms with van der Waals surface area (Å²) < 4.78 is 5.73. The Morgan fingerprint density at radius 1 is 1.21 bits per heavy atom. The van der Waals surface area contributed by atoms with Crippen LogP contribution in [0.2, 0.25) is 15.1 Å². The molecule has 0 aliphatic carbocycles. The van der Waals surface area contributed by atoms with E-state index in [2.05, 4.69) is 18.8 Å². The summed E-state index contributed by atoms with van der Waals surface area (Å²) in [6.07, 6.45) is 3.28. The van der Waals surface area contributed by atoms with Gasteiger partial charge in [-0.3, -0.25) is 4.79 Å². The van der Waals surface area contributed by atoms with Gasteiger partial charge in [-0.2, -0.15) is 0 Å². The molecule has 1 aliphatic heterocycles. The van der Waals surface area contributed by atoms with E-state index in [1.54, 1.807) is 18.2 Å². The Labute approximate surface area is 180 Å². The number of ether oxygens (including phenoxy) is 1. The lowest BCUT2D eigenvalue weighted by molar-refractivity contribution is 0.0550. The van der Waals surface area contributed by atoms with Crippen molar-refractivity contribution in [2.45, 2.75) is 45.8 Å². The third kappa shape index (κ3) is 4.91. The monoisotopic (exact) mass is 440 g/mol. The number of rotatable bonds is 5. The molecule has 28 heavy (non-hydrogen) atoms. The Morgan fingerprint density at radius 2 is 1.93 bits per heavy atom. The molecule has 7 heteroatoms. The zero-order valence-corrected chi connectivity index (χ0v) is 18.2. The number of benzene rings is 1. The van der Waals surface area contributed by atoms with Crippen LogP contribution in [0.5, 0.6) is 5.75 Å². The Balaban J connectivity index is 1.73. The van der Waals surface area contributed by atoms with Crippen LogP contribution >= 0.6 is 34.8 Å². The number of halogens is 3. The van der Waals surface area contributed by atoms with Gasteiger partial charge in [-0.1, -0.05) is 54.2 Å². The largest absolute Gasteiger partial charge is 0.484 e. The molecule has 1 aromatic carbocycles. The van der Waals surface area contributed by atoms with Crippen LogP contribution in [-0.2, 0) is 6.61 Å². The van der Waals surface area contributed by atoms with Crippen molar-refractivity contribution in [3.63, 3.8) is 0 Å². The average Bonchev–Trinajstić information content (AvgIpc) is 2.67. The van der Waals surface area contributed by atoms with Gasteiger partial charge in [0.25, 0.3) is 5.91 Å². The van der Waals surface area contributed by atoms with E-state index in [0.29, 0.717) is 38.1 Å². The molecular formula is C21H23Cl3N2O2. The molecule has 0 bridgehead atoms. The molecule has 1 aliphatic rings. The Hall–Kier alpha value is -1.49. The van der Waals surface area contributed by atoms with E-state index in [9.17, 15) is 4.79 Å². The Bertz CT molecular complexity index is 836. The van der Waals surface area contributed by atoms with Crippen molar-refractivity contribution in [3.8, 4) is 5.75 Å². The lowest BCUT2D eigenvalue weighted by Crippen LogP contribution is -2.45. The molecule has 150 valence electrons. The number of hydrogen-bond acceptors (Lipinski definition) is 3. The van der Waals surface area contributed by atoms with E-state index in [-0.39, 0.29) is 18.6 Å². The van der Waals surface area contributed by atoms with E-state index in [1.807, 2.05) is 17.0 Å². The molecule has 4 nitrogen and oxygen atoms in total. The fraction of sp³-hybridized carbons (Fsp3) is 0.429. The third-order valence-electron chi connectivity index (χ3n) is 5.17. The highest BCUT2D eigenvalue weighted by Crippen LogP contribution is 2.36. The molecule has 2 atom stereocenters. The van der Waals surface area contributed by atoms with Gasteiger partial charge in [0, 0.05) is 17.6 Å². The summed E-state index contributed by atoms with van der Waals surface area (Å²) in [6, 6.07) is 8.73. The van der Waals surface area contributed by atoms with Gasteiger partial charge in [-0.05, 0) is 49.9 Å². The van der Waals surface area contributed by atoms with Crippen LogP contribution in [0.4, 0.5) is 0 Å². The van der Waals surface area contributed by atoms with Crippen LogP contribution in [0.15, 0.2) is 30.3 Å². The van der Waals surface area contributed by atoms with Crippen LogP contribution in [0.1, 0.15) is 49.3 Å². The van der Waals surface area contributed by atoms with Crippen molar-refractivity contribution in [2.75, 3.05) is 6.54 Å². The van der Waals surface area contributed by atoms with E-state index in [0.717, 1.165) is 19.4 Å². The van der Waals surface area contributed by atoms with Crippen molar-refractivity contribution in [1.82, 2.24) is 9.88 Å². The molecule has 1 aromatic heterocycles. The van der Waals surface area contributed by atoms with Gasteiger partial charge in [-0.15, -0.1) is 0 Å². The first kappa shape index (κ1) is 21.2. The van der Waals surface area contributed by atoms with Gasteiger partial charge in [0.15, 0.2) is 5.75 Å². The second-order valence-electron chi connectivity index (χ2n) is 7.16. The molecule has 0 N–H and O–H groups in total. The summed E-state index contributed by atoms with van der Waals surface area (Å²) in [5.41, 5.74) is 1.06. The summed E-state index contributed by atoms with van der Waals surface area (Å²) in [7, 11) is 0. The van der Waals surface area contributed by atoms with Gasteiger partial charge >= 0.3 is 0 Å². The van der Waals surface area contributed by atoms with E-state index in [4.69, 9.17) is 39.5 Å². The maximum absolute atomic E-state index is 13.0. The minimum absolute atomic E-state index is 0.0324. The maximum atomic E-state index is 13.0. The van der Waals surface area contributed by atoms with Crippen LogP contribution in [-0.4, -0.2) is 28.4 Å². The lowest BCUT2D eigenvalue weighted by Gasteiger charge is -2.37. The standard InChI is InChI=1S/C21H23Cl3N2O2/c1-3-14-8-7-13(2)26(11-14)21(27)19-6-4-5-16(25-19)12-28-20-17(23)9-15(22)10-18(20)24/h4-6,9-10,13-14H,3,7-8,11-12H2,1-2H3. The first-order chi connectivity index (χ1) is 13.4. The minimum Gasteiger partial charge on any atom is -0.484 e. The molecule has 2 unspecified atom stereocenters. The van der Waals surface area contributed by atoms with Crippen molar-refractivity contribution in [1.29, 1.82) is 0 Å². The molecule has 0 saturated carbocycles. The summed E-state index contributed by atoms with van der Waals surface area (Å²) >= 11 is 18.2. The van der Waals surface area contributed by atoms with Crippen LogP contribution in [0.3, 0.4) is 0 Å². The molecule has 0 radical (unpaired) electrons. The van der Waals surface area contributed by atoms with E-state index >= 15 is 0 Å². The molecule has 3 rings (SSSR count). The third-order valence-corrected chi connectivity index (χ3v) is 5.95. The number of amides is 1. The first-order valence-corrected chi connectivity index (χ1v) is 10.6. The molecule has 1 fully saturated rings. The lowest BCUT2D eigenvalue weighted by atomic mass is 9.91. The van der Waals surface area contributed by atoms with Gasteiger partial charge in [0.05, 0.1) is 15.7 Å². The highest BCUT2D eigenvalue weighted by atomic mass is 35.5. The molecule has 2 heterocycles. The number of nitrogens with zero attached hydrogens (tertiary/aromatic N) is 2. The minimum atomic E-state index is -0.0324. The van der Waals surface area contributed by atoms with E-state index in [1.165, 1.54) is 6.42 Å². The predicted molar refractivity (Wildman–Crippen MR) is 114 cm³/mol. The SMILES string of the molecule is CCC1CCC(C)N(C(=O)c2cccc(COc3c(Cl)cc(Cl)cc3Cl)n2)C1. The van der Waals surface area contributed by atoms with Gasteiger partial charge in [0.1, 0.15) is 12.3 Å². The number of hydrogen-bond donors (Lipinski definition) is 0. The number of carbonyl (C=O) groups excluding carboxylic acids is 1. The quantitative estimate of drug-likeness (QED) is 0.549. The number of piperidine rings is 1. The summed E-state index contributed by atoms with van der Waals surface area (Å²) in [5.74, 6) is 0.873. The maximum Gasteiger partial charge on any atom is 0.272 e. The van der Waals surface area contributed by atoms with E-state index < -0.39 is 0 Å². The van der Waals surface area contributed by atoms with Crippen molar-refractivity contribution < 1.29 is 9.53 Å². The van der Waals surface area contributed by atoms with Gasteiger partial charge in [0.2, 0.25) is 0 Å². The van der Waals surface area contributed by atoms with Gasteiger partial charge in [-0.25, -0.2) is 4.98 Å². The highest BCUT2D eigenvalue weighted by Gasteiger charge is 2.29. The zero-order chi connectivity index (χ0) is 20.3. The van der Waals surface area contributed by atoms with Gasteiger partial charge < -0.3 is 9.64 Å². The topological polar surface area (TPSA) is 42.4 Å². The first-order valence-electron chi connectivity index (χ1n) is 9.43. The predicted octanol–water partition coefficient (Wildman–Crippen LogP) is 6.27. The number of carbonyl (C=O) groups is 1. The molecular weight excluding hydrogens is 419 g/mol. The number of pyridine rings is 1. The Kier molecular flexibility index (Phi) is 7.08. The molecule has 1 saturated heterocycles. The Morgan fingerprint density at radius 3 is 2.61 bits per heavy atom. The van der Waals surface area contributed by atoms with Crippen molar-refractivity contribution in [2.24, 2.45) is 5.92 Å². The average molecular weight is 442 g/mol. The fourth-order valence-corrected chi connectivity index (χ4v) is 4.36. The van der Waals surface area contributed by atoms with Crippen molar-refractivity contribution >= 4 is 40.7 Å². The number of aromatic nitrogens is 1. The van der Waals surface area contributed by atoms with Crippen LogP contribution < -0.4 is 4.74 Å². The smallest absolute Gasteiger partial charge is 0.272 e. The second kappa shape index (κ2) is 9.34. The van der Waals surface area contributed by atoms with Crippen molar-refractivity contribution in [3.05, 3.63) is 56.8 Å². The fourth-order valence-electron chi connectivity index (χ4n) is 3.44. The van der Waals surface area contributed by atoms with Crippen LogP contribution in [0, 0.1) is 5.92 Å².